The standard InChI is InChI=1S/C13H19ClN2O3S/c1-4-16(8(2)7-12(17)18)13(19)15-9(3)10-5-6-11(14)20-10/h5-6,8-9H,4,7H2,1-3H3,(H,15,19)(H,17,18). The van der Waals surface area contributed by atoms with E-state index in [0.717, 1.165) is 4.88 Å². The fourth-order valence-electron chi connectivity index (χ4n) is 1.92. The second-order valence-corrected chi connectivity index (χ2v) is 6.29. The Kier molecular flexibility index (Phi) is 6.29. The summed E-state index contributed by atoms with van der Waals surface area (Å²) >= 11 is 7.28. The molecule has 0 spiro atoms. The van der Waals surface area contributed by atoms with Gasteiger partial charge in [0.1, 0.15) is 0 Å². The summed E-state index contributed by atoms with van der Waals surface area (Å²) in [6.07, 6.45) is -0.0690. The summed E-state index contributed by atoms with van der Waals surface area (Å²) in [4.78, 5) is 25.4. The van der Waals surface area contributed by atoms with E-state index >= 15 is 0 Å². The summed E-state index contributed by atoms with van der Waals surface area (Å²) in [7, 11) is 0. The molecule has 7 heteroatoms. The lowest BCUT2D eigenvalue weighted by Gasteiger charge is -2.28. The number of amides is 2. The van der Waals surface area contributed by atoms with Crippen LogP contribution < -0.4 is 5.32 Å². The van der Waals surface area contributed by atoms with Gasteiger partial charge in [-0.3, -0.25) is 4.79 Å². The molecule has 1 aromatic rings. The Bertz CT molecular complexity index is 478. The Morgan fingerprint density at radius 1 is 1.45 bits per heavy atom. The molecule has 2 amide bonds. The summed E-state index contributed by atoms with van der Waals surface area (Å²) in [6.45, 7) is 5.88. The Balaban J connectivity index is 2.65. The van der Waals surface area contributed by atoms with Crippen LogP contribution in [0.25, 0.3) is 0 Å². The maximum Gasteiger partial charge on any atom is 0.318 e. The summed E-state index contributed by atoms with van der Waals surface area (Å²) in [5, 5.41) is 11.7. The van der Waals surface area contributed by atoms with E-state index < -0.39 is 5.97 Å². The number of carboxylic acids is 1. The van der Waals surface area contributed by atoms with Crippen molar-refractivity contribution in [3.05, 3.63) is 21.3 Å². The second kappa shape index (κ2) is 7.50. The number of nitrogens with zero attached hydrogens (tertiary/aromatic N) is 1. The zero-order valence-corrected chi connectivity index (χ0v) is 13.3. The van der Waals surface area contributed by atoms with Gasteiger partial charge in [-0.2, -0.15) is 0 Å². The Morgan fingerprint density at radius 2 is 2.10 bits per heavy atom. The van der Waals surface area contributed by atoms with Crippen LogP contribution in [0.15, 0.2) is 12.1 Å². The van der Waals surface area contributed by atoms with E-state index in [0.29, 0.717) is 10.9 Å². The summed E-state index contributed by atoms with van der Waals surface area (Å²) < 4.78 is 0.674. The first-order chi connectivity index (χ1) is 9.35. The van der Waals surface area contributed by atoms with Crippen molar-refractivity contribution in [1.29, 1.82) is 0 Å². The second-order valence-electron chi connectivity index (χ2n) is 4.55. The van der Waals surface area contributed by atoms with Gasteiger partial charge in [-0.15, -0.1) is 11.3 Å². The number of halogens is 1. The van der Waals surface area contributed by atoms with E-state index in [9.17, 15) is 9.59 Å². The van der Waals surface area contributed by atoms with Crippen molar-refractivity contribution < 1.29 is 14.7 Å². The molecule has 0 saturated heterocycles. The van der Waals surface area contributed by atoms with Gasteiger partial charge in [0.15, 0.2) is 0 Å². The number of thiophene rings is 1. The number of urea groups is 1. The van der Waals surface area contributed by atoms with E-state index in [4.69, 9.17) is 16.7 Å². The maximum atomic E-state index is 12.2. The molecule has 0 aliphatic rings. The van der Waals surface area contributed by atoms with Gasteiger partial charge in [0.05, 0.1) is 16.8 Å². The molecule has 0 radical (unpaired) electrons. The SMILES string of the molecule is CCN(C(=O)NC(C)c1ccc(Cl)s1)C(C)CC(=O)O. The molecule has 2 N–H and O–H groups in total. The highest BCUT2D eigenvalue weighted by molar-refractivity contribution is 7.16. The van der Waals surface area contributed by atoms with Gasteiger partial charge in [0.2, 0.25) is 0 Å². The third-order valence-corrected chi connectivity index (χ3v) is 4.38. The van der Waals surface area contributed by atoms with Crippen molar-refractivity contribution in [2.24, 2.45) is 0 Å². The van der Waals surface area contributed by atoms with Crippen molar-refractivity contribution in [1.82, 2.24) is 10.2 Å². The van der Waals surface area contributed by atoms with Gasteiger partial charge < -0.3 is 15.3 Å². The first-order valence-corrected chi connectivity index (χ1v) is 7.58. The van der Waals surface area contributed by atoms with Gasteiger partial charge in [-0.1, -0.05) is 11.6 Å². The highest BCUT2D eigenvalue weighted by Gasteiger charge is 2.22. The first-order valence-electron chi connectivity index (χ1n) is 6.39. The summed E-state index contributed by atoms with van der Waals surface area (Å²) in [6, 6.07) is 2.88. The molecule has 0 fully saturated rings. The molecule has 1 rings (SSSR count). The molecule has 112 valence electrons. The van der Waals surface area contributed by atoms with Gasteiger partial charge in [-0.25, -0.2) is 4.79 Å². The van der Waals surface area contributed by atoms with Crippen molar-refractivity contribution >= 4 is 34.9 Å². The highest BCUT2D eigenvalue weighted by Crippen LogP contribution is 2.26. The minimum atomic E-state index is -0.915. The van der Waals surface area contributed by atoms with Crippen LogP contribution in [0.4, 0.5) is 4.79 Å². The van der Waals surface area contributed by atoms with Crippen LogP contribution in [-0.2, 0) is 4.79 Å². The first kappa shape index (κ1) is 16.8. The van der Waals surface area contributed by atoms with Crippen molar-refractivity contribution in [3.8, 4) is 0 Å². The molecular weight excluding hydrogens is 300 g/mol. The molecule has 0 aliphatic heterocycles. The zero-order chi connectivity index (χ0) is 15.3. The Hall–Kier alpha value is -1.27. The molecule has 0 bridgehead atoms. The topological polar surface area (TPSA) is 69.6 Å². The summed E-state index contributed by atoms with van der Waals surface area (Å²) in [5.74, 6) is -0.915. The van der Waals surface area contributed by atoms with E-state index in [-0.39, 0.29) is 24.5 Å². The average Bonchev–Trinajstić information content (AvgIpc) is 2.75. The number of aliphatic carboxylic acids is 1. The minimum absolute atomic E-state index is 0.0690. The number of carbonyl (C=O) groups is 2. The lowest BCUT2D eigenvalue weighted by Crippen LogP contribution is -2.46. The van der Waals surface area contributed by atoms with Crippen molar-refractivity contribution in [3.63, 3.8) is 0 Å². The molecule has 20 heavy (non-hydrogen) atoms. The van der Waals surface area contributed by atoms with E-state index in [1.807, 2.05) is 19.9 Å². The Morgan fingerprint density at radius 3 is 2.55 bits per heavy atom. The van der Waals surface area contributed by atoms with Crippen molar-refractivity contribution in [2.75, 3.05) is 6.54 Å². The van der Waals surface area contributed by atoms with Crippen LogP contribution in [0.5, 0.6) is 0 Å². The molecule has 0 aromatic carbocycles. The fraction of sp³-hybridized carbons (Fsp3) is 0.538. The largest absolute Gasteiger partial charge is 0.481 e. The molecule has 2 unspecified atom stereocenters. The van der Waals surface area contributed by atoms with E-state index in [2.05, 4.69) is 5.32 Å². The average molecular weight is 319 g/mol. The number of rotatable bonds is 6. The van der Waals surface area contributed by atoms with Crippen LogP contribution in [0.2, 0.25) is 4.34 Å². The zero-order valence-electron chi connectivity index (χ0n) is 11.7. The minimum Gasteiger partial charge on any atom is -0.481 e. The van der Waals surface area contributed by atoms with Crippen LogP contribution in [0.3, 0.4) is 0 Å². The predicted octanol–water partition coefficient (Wildman–Crippen LogP) is 3.36. The van der Waals surface area contributed by atoms with Crippen LogP contribution in [-0.4, -0.2) is 34.6 Å². The smallest absolute Gasteiger partial charge is 0.318 e. The van der Waals surface area contributed by atoms with Crippen LogP contribution >= 0.6 is 22.9 Å². The number of hydrogen-bond acceptors (Lipinski definition) is 3. The maximum absolute atomic E-state index is 12.2. The predicted molar refractivity (Wildman–Crippen MR) is 80.4 cm³/mol. The quantitative estimate of drug-likeness (QED) is 0.845. The number of carboxylic acid groups (broad SMARTS) is 1. The molecule has 1 aromatic heterocycles. The monoisotopic (exact) mass is 318 g/mol. The third kappa shape index (κ3) is 4.68. The lowest BCUT2D eigenvalue weighted by molar-refractivity contribution is -0.138. The number of carbonyl (C=O) groups excluding carboxylic acids is 1. The molecule has 0 saturated carbocycles. The van der Waals surface area contributed by atoms with Crippen LogP contribution in [0, 0.1) is 0 Å². The normalized spacial score (nSPS) is 13.6. The molecule has 5 nitrogen and oxygen atoms in total. The van der Waals surface area contributed by atoms with Gasteiger partial charge >= 0.3 is 12.0 Å². The third-order valence-electron chi connectivity index (χ3n) is 2.96. The summed E-state index contributed by atoms with van der Waals surface area (Å²) in [5.41, 5.74) is 0. The molecular formula is C13H19ClN2O3S. The van der Waals surface area contributed by atoms with Gasteiger partial charge in [0.25, 0.3) is 0 Å². The molecule has 0 aliphatic carbocycles. The Labute approximate surface area is 127 Å². The van der Waals surface area contributed by atoms with Gasteiger partial charge in [-0.05, 0) is 32.9 Å². The lowest BCUT2D eigenvalue weighted by atomic mass is 10.2. The molecule has 2 atom stereocenters. The fourth-order valence-corrected chi connectivity index (χ4v) is 2.98. The van der Waals surface area contributed by atoms with E-state index in [1.54, 1.807) is 13.0 Å². The van der Waals surface area contributed by atoms with Crippen molar-refractivity contribution in [2.45, 2.75) is 39.3 Å². The molecule has 1 heterocycles. The van der Waals surface area contributed by atoms with Crippen LogP contribution in [0.1, 0.15) is 38.1 Å². The number of nitrogens with one attached hydrogen (secondary N) is 1. The highest BCUT2D eigenvalue weighted by atomic mass is 35.5. The van der Waals surface area contributed by atoms with E-state index in [1.165, 1.54) is 16.2 Å². The number of hydrogen-bond donors (Lipinski definition) is 2. The van der Waals surface area contributed by atoms with Gasteiger partial charge in [0, 0.05) is 17.5 Å².